The van der Waals surface area contributed by atoms with Crippen LogP contribution in [-0.2, 0) is 27.5 Å². The number of pyridine rings is 2. The number of carbonyl (C=O) groups excluding carboxylic acids is 2. The molecule has 10 nitrogen and oxygen atoms in total. The van der Waals surface area contributed by atoms with Crippen molar-refractivity contribution in [2.24, 2.45) is 5.73 Å². The van der Waals surface area contributed by atoms with Crippen LogP contribution in [0.1, 0.15) is 24.0 Å². The molecule has 0 radical (unpaired) electrons. The summed E-state index contributed by atoms with van der Waals surface area (Å²) in [6.45, 7) is 1.03. The predicted octanol–water partition coefficient (Wildman–Crippen LogP) is 5.17. The maximum Gasteiger partial charge on any atom is 0.320 e. The van der Waals surface area contributed by atoms with Gasteiger partial charge in [-0.3, -0.25) is 14.6 Å². The summed E-state index contributed by atoms with van der Waals surface area (Å²) >= 11 is 14.0. The van der Waals surface area contributed by atoms with Crippen molar-refractivity contribution in [1.82, 2.24) is 20.6 Å². The molecule has 12 heteroatoms. The Hall–Kier alpha value is -4.22. The Morgan fingerprint density at radius 3 is 2.53 bits per heavy atom. The maximum absolute atomic E-state index is 11.5. The highest BCUT2D eigenvalue weighted by Crippen LogP contribution is 2.42. The number of nitrogens with zero attached hydrogens (tertiary/aromatic N) is 2. The van der Waals surface area contributed by atoms with Crippen molar-refractivity contribution < 1.29 is 23.8 Å². The molecule has 1 amide bonds. The first-order chi connectivity index (χ1) is 21.8. The molecule has 1 saturated heterocycles. The highest BCUT2D eigenvalue weighted by Gasteiger charge is 2.21. The Morgan fingerprint density at radius 2 is 1.80 bits per heavy atom. The van der Waals surface area contributed by atoms with Gasteiger partial charge in [0.1, 0.15) is 12.4 Å². The van der Waals surface area contributed by atoms with Gasteiger partial charge >= 0.3 is 5.97 Å². The molecule has 1 atom stereocenters. The Balaban J connectivity index is 1.40. The molecule has 45 heavy (non-hydrogen) atoms. The minimum Gasteiger partial charge on any atom is -0.496 e. The van der Waals surface area contributed by atoms with Gasteiger partial charge in [-0.2, -0.15) is 0 Å². The monoisotopic (exact) mass is 649 g/mol. The number of hydrogen-bond acceptors (Lipinski definition) is 9. The Bertz CT molecular complexity index is 1720. The van der Waals surface area contributed by atoms with Crippen LogP contribution in [0.3, 0.4) is 0 Å². The van der Waals surface area contributed by atoms with Crippen molar-refractivity contribution in [2.75, 3.05) is 27.3 Å². The van der Waals surface area contributed by atoms with Crippen molar-refractivity contribution in [3.63, 3.8) is 0 Å². The molecule has 4 N–H and O–H groups in total. The lowest BCUT2D eigenvalue weighted by Crippen LogP contribution is -2.35. The highest BCUT2D eigenvalue weighted by atomic mass is 35.5. The van der Waals surface area contributed by atoms with Gasteiger partial charge in [0, 0.05) is 65.1 Å². The van der Waals surface area contributed by atoms with Crippen molar-refractivity contribution in [3.05, 3.63) is 82.0 Å². The van der Waals surface area contributed by atoms with E-state index in [2.05, 4.69) is 15.6 Å². The molecule has 1 aliphatic heterocycles. The zero-order chi connectivity index (χ0) is 31.9. The van der Waals surface area contributed by atoms with Gasteiger partial charge in [-0.15, -0.1) is 0 Å². The number of halogens is 2. The number of ether oxygens (including phenoxy) is 3. The maximum atomic E-state index is 11.5. The SMILES string of the molecule is COc1cc(-c2nccc(-c3cccc(-c4ccc(CNC[C@@H]5CCC(=O)N5)c(OC)n4)c3Cl)c2Cl)ccc1COC(=O)CN. The van der Waals surface area contributed by atoms with Crippen molar-refractivity contribution >= 4 is 35.1 Å². The summed E-state index contributed by atoms with van der Waals surface area (Å²) in [5.41, 5.74) is 10.9. The number of amides is 1. The van der Waals surface area contributed by atoms with Gasteiger partial charge in [0.2, 0.25) is 11.8 Å². The van der Waals surface area contributed by atoms with Crippen LogP contribution in [0.5, 0.6) is 11.6 Å². The van der Waals surface area contributed by atoms with Gasteiger partial charge < -0.3 is 30.6 Å². The molecule has 2 aromatic heterocycles. The second-order valence-corrected chi connectivity index (χ2v) is 11.1. The minimum atomic E-state index is -0.508. The van der Waals surface area contributed by atoms with E-state index in [1.54, 1.807) is 25.4 Å². The normalized spacial score (nSPS) is 14.2. The number of methoxy groups -OCH3 is 2. The number of hydrogen-bond donors (Lipinski definition) is 3. The number of carbonyl (C=O) groups is 2. The van der Waals surface area contributed by atoms with E-state index in [1.807, 2.05) is 42.5 Å². The van der Waals surface area contributed by atoms with Crippen LogP contribution in [-0.4, -0.2) is 55.2 Å². The van der Waals surface area contributed by atoms with Crippen LogP contribution < -0.4 is 25.8 Å². The summed E-state index contributed by atoms with van der Waals surface area (Å²) < 4.78 is 16.3. The molecule has 1 fully saturated rings. The van der Waals surface area contributed by atoms with Crippen LogP contribution in [0, 0.1) is 0 Å². The lowest BCUT2D eigenvalue weighted by molar-refractivity contribution is -0.143. The average molecular weight is 651 g/mol. The van der Waals surface area contributed by atoms with Crippen molar-refractivity contribution in [3.8, 4) is 45.3 Å². The summed E-state index contributed by atoms with van der Waals surface area (Å²) in [5, 5.41) is 7.22. The van der Waals surface area contributed by atoms with Crippen LogP contribution in [0.4, 0.5) is 0 Å². The van der Waals surface area contributed by atoms with Crippen molar-refractivity contribution in [1.29, 1.82) is 0 Å². The number of aromatic nitrogens is 2. The van der Waals surface area contributed by atoms with E-state index in [0.29, 0.717) is 80.4 Å². The van der Waals surface area contributed by atoms with E-state index in [4.69, 9.17) is 48.1 Å². The fourth-order valence-electron chi connectivity index (χ4n) is 5.16. The number of nitrogens with one attached hydrogen (secondary N) is 2. The molecule has 4 aromatic rings. The molecular weight excluding hydrogens is 617 g/mol. The zero-order valence-corrected chi connectivity index (χ0v) is 26.4. The summed E-state index contributed by atoms with van der Waals surface area (Å²) in [4.78, 5) is 32.3. The second kappa shape index (κ2) is 14.7. The van der Waals surface area contributed by atoms with Gasteiger partial charge in [0.15, 0.2) is 0 Å². The molecule has 3 heterocycles. The molecule has 2 aromatic carbocycles. The summed E-state index contributed by atoms with van der Waals surface area (Å²) in [6.07, 6.45) is 3.06. The van der Waals surface area contributed by atoms with E-state index in [-0.39, 0.29) is 25.1 Å². The van der Waals surface area contributed by atoms with Gasteiger partial charge in [-0.25, -0.2) is 4.98 Å². The molecule has 0 saturated carbocycles. The quantitative estimate of drug-likeness (QED) is 0.177. The largest absolute Gasteiger partial charge is 0.496 e. The third-order valence-corrected chi connectivity index (χ3v) is 8.28. The van der Waals surface area contributed by atoms with Gasteiger partial charge in [0.05, 0.1) is 42.2 Å². The topological polar surface area (TPSA) is 138 Å². The van der Waals surface area contributed by atoms with Crippen molar-refractivity contribution in [2.45, 2.75) is 32.0 Å². The molecule has 234 valence electrons. The Kier molecular flexibility index (Phi) is 10.5. The number of nitrogens with two attached hydrogens (primary N) is 1. The van der Waals surface area contributed by atoms with Crippen LogP contribution in [0.2, 0.25) is 10.0 Å². The Labute approximate surface area is 271 Å². The Morgan fingerprint density at radius 1 is 1.02 bits per heavy atom. The van der Waals surface area contributed by atoms with Gasteiger partial charge in [-0.1, -0.05) is 59.6 Å². The zero-order valence-electron chi connectivity index (χ0n) is 24.9. The number of rotatable bonds is 12. The number of benzene rings is 2. The molecule has 0 aliphatic carbocycles. The molecule has 5 rings (SSSR count). The fourth-order valence-corrected chi connectivity index (χ4v) is 5.81. The molecule has 1 aliphatic rings. The third kappa shape index (κ3) is 7.37. The first-order valence-electron chi connectivity index (χ1n) is 14.3. The molecule has 0 spiro atoms. The van der Waals surface area contributed by atoms with E-state index < -0.39 is 5.97 Å². The predicted molar refractivity (Wildman–Crippen MR) is 173 cm³/mol. The van der Waals surface area contributed by atoms with E-state index >= 15 is 0 Å². The van der Waals surface area contributed by atoms with Gasteiger partial charge in [0.25, 0.3) is 0 Å². The average Bonchev–Trinajstić information content (AvgIpc) is 3.48. The van der Waals surface area contributed by atoms with Gasteiger partial charge in [-0.05, 0) is 24.6 Å². The second-order valence-electron chi connectivity index (χ2n) is 10.4. The minimum absolute atomic E-state index is 0.0273. The fraction of sp³-hybridized carbons (Fsp3) is 0.273. The van der Waals surface area contributed by atoms with Crippen LogP contribution in [0.25, 0.3) is 33.6 Å². The number of esters is 1. The standard InChI is InChI=1S/C33H33Cl2N5O5/c1-43-27-14-19(6-7-21(27)18-45-29(42)15-36)32-31(35)24(12-13-38-32)23-4-3-5-25(30(23)34)26-10-8-20(33(40-26)44-2)16-37-17-22-9-11-28(41)39-22/h3-8,10,12-14,22,37H,9,11,15-18,36H2,1-2H3,(H,39,41)/t22-/m0/s1. The highest BCUT2D eigenvalue weighted by molar-refractivity contribution is 6.39. The molecular formula is C33H33Cl2N5O5. The molecule has 0 unspecified atom stereocenters. The first-order valence-corrected chi connectivity index (χ1v) is 15.1. The molecule has 0 bridgehead atoms. The van der Waals surface area contributed by atoms with Crippen LogP contribution >= 0.6 is 23.2 Å². The van der Waals surface area contributed by atoms with Crippen LogP contribution in [0.15, 0.2) is 60.8 Å². The van der Waals surface area contributed by atoms with E-state index in [1.165, 1.54) is 7.11 Å². The first kappa shape index (κ1) is 32.2. The lowest BCUT2D eigenvalue weighted by Gasteiger charge is -2.16. The summed E-state index contributed by atoms with van der Waals surface area (Å²) in [5.74, 6) is 0.583. The smallest absolute Gasteiger partial charge is 0.320 e. The third-order valence-electron chi connectivity index (χ3n) is 7.49. The summed E-state index contributed by atoms with van der Waals surface area (Å²) in [7, 11) is 3.12. The lowest BCUT2D eigenvalue weighted by atomic mass is 9.99. The van der Waals surface area contributed by atoms with E-state index in [0.717, 1.165) is 12.0 Å². The summed E-state index contributed by atoms with van der Waals surface area (Å²) in [6, 6.07) is 16.9. The van der Waals surface area contributed by atoms with E-state index in [9.17, 15) is 9.59 Å².